The maximum Gasteiger partial charge on any atom is 0.251 e. The molecule has 5 rings (SSSR count). The van der Waals surface area contributed by atoms with E-state index >= 15 is 0 Å². The smallest absolute Gasteiger partial charge is 0.251 e. The molecule has 2 fully saturated rings. The summed E-state index contributed by atoms with van der Waals surface area (Å²) < 4.78 is 0. The topological polar surface area (TPSA) is 47.6 Å². The molecule has 3 unspecified atom stereocenters. The van der Waals surface area contributed by atoms with Crippen LogP contribution >= 0.6 is 0 Å². The second-order valence-corrected chi connectivity index (χ2v) is 9.46. The first-order chi connectivity index (χ1) is 15.8. The Morgan fingerprint density at radius 3 is 2.69 bits per heavy atom. The Morgan fingerprint density at radius 1 is 1.09 bits per heavy atom. The third-order valence-corrected chi connectivity index (χ3v) is 7.58. The van der Waals surface area contributed by atoms with Crippen molar-refractivity contribution in [1.29, 1.82) is 0 Å². The number of carbonyl (C=O) groups is 1. The minimum Gasteiger partial charge on any atom is -0.364 e. The summed E-state index contributed by atoms with van der Waals surface area (Å²) >= 11 is 0. The first-order valence-electron chi connectivity index (χ1n) is 12.5. The van der Waals surface area contributed by atoms with E-state index in [4.69, 9.17) is 0 Å². The Hall–Kier alpha value is -2.37. The van der Waals surface area contributed by atoms with Gasteiger partial charge in [-0.05, 0) is 81.6 Å². The van der Waals surface area contributed by atoms with Crippen molar-refractivity contribution in [1.82, 2.24) is 15.5 Å². The summed E-state index contributed by atoms with van der Waals surface area (Å²) in [6, 6.07) is 17.9. The molecule has 2 aromatic rings. The third-order valence-electron chi connectivity index (χ3n) is 7.58. The second kappa shape index (κ2) is 9.63. The molecule has 3 atom stereocenters. The van der Waals surface area contributed by atoms with Gasteiger partial charge in [0.25, 0.3) is 5.91 Å². The van der Waals surface area contributed by atoms with Crippen LogP contribution in [0.25, 0.3) is 0 Å². The molecule has 2 aromatic carbocycles. The van der Waals surface area contributed by atoms with Gasteiger partial charge in [-0.2, -0.15) is 0 Å². The van der Waals surface area contributed by atoms with Crippen LogP contribution in [-0.2, 0) is 0 Å². The van der Waals surface area contributed by atoms with E-state index < -0.39 is 0 Å². The molecule has 5 nitrogen and oxygen atoms in total. The lowest BCUT2D eigenvalue weighted by Crippen LogP contribution is -2.47. The number of nitrogens with one attached hydrogen (secondary N) is 2. The lowest BCUT2D eigenvalue weighted by molar-refractivity contribution is 0.0949. The zero-order valence-corrected chi connectivity index (χ0v) is 19.2. The molecule has 0 aromatic heterocycles. The molecule has 1 amide bonds. The molecule has 170 valence electrons. The summed E-state index contributed by atoms with van der Waals surface area (Å²) in [5.74, 6) is 0.555. The summed E-state index contributed by atoms with van der Waals surface area (Å²) in [5, 5.41) is 6.95. The van der Waals surface area contributed by atoms with Crippen LogP contribution in [0.15, 0.2) is 48.5 Å². The van der Waals surface area contributed by atoms with E-state index in [1.807, 2.05) is 6.07 Å². The van der Waals surface area contributed by atoms with Crippen molar-refractivity contribution in [3.05, 3.63) is 65.2 Å². The van der Waals surface area contributed by atoms with Gasteiger partial charge in [-0.25, -0.2) is 0 Å². The predicted octanol–water partition coefficient (Wildman–Crippen LogP) is 4.13. The third kappa shape index (κ3) is 4.16. The number of nitrogens with zero attached hydrogens (tertiary/aromatic N) is 2. The lowest BCUT2D eigenvalue weighted by atomic mass is 9.74. The van der Waals surface area contributed by atoms with E-state index in [-0.39, 0.29) is 5.91 Å². The van der Waals surface area contributed by atoms with E-state index in [0.29, 0.717) is 18.0 Å². The van der Waals surface area contributed by atoms with Crippen LogP contribution in [0.4, 0.5) is 5.69 Å². The number of piperidine rings is 1. The minimum absolute atomic E-state index is 0.0487. The zero-order chi connectivity index (χ0) is 21.9. The Kier molecular flexibility index (Phi) is 6.47. The van der Waals surface area contributed by atoms with Crippen molar-refractivity contribution in [3.8, 4) is 0 Å². The van der Waals surface area contributed by atoms with E-state index in [9.17, 15) is 4.79 Å². The van der Waals surface area contributed by atoms with Crippen LogP contribution in [0.3, 0.4) is 0 Å². The number of fused-ring (bicyclic) bond motifs is 3. The van der Waals surface area contributed by atoms with Crippen molar-refractivity contribution in [2.24, 2.45) is 5.92 Å². The zero-order valence-electron chi connectivity index (χ0n) is 19.2. The molecule has 32 heavy (non-hydrogen) atoms. The summed E-state index contributed by atoms with van der Waals surface area (Å²) in [6.07, 6.45) is 4.98. The SMILES string of the molecule is CCN1c2ccc(C(=O)NCCN3CCCC3)cc2C2NCCCC2C1c1ccccc1. The van der Waals surface area contributed by atoms with Gasteiger partial charge in [0.2, 0.25) is 0 Å². The van der Waals surface area contributed by atoms with Crippen LogP contribution in [0, 0.1) is 5.92 Å². The number of anilines is 1. The fourth-order valence-corrected chi connectivity index (χ4v) is 6.06. The average Bonchev–Trinajstić information content (AvgIpc) is 3.37. The summed E-state index contributed by atoms with van der Waals surface area (Å²) in [7, 11) is 0. The van der Waals surface area contributed by atoms with Crippen LogP contribution in [0.2, 0.25) is 0 Å². The summed E-state index contributed by atoms with van der Waals surface area (Å²) in [5.41, 5.74) is 4.73. The molecular weight excluding hydrogens is 396 g/mol. The van der Waals surface area contributed by atoms with E-state index in [1.165, 1.54) is 55.6 Å². The quantitative estimate of drug-likeness (QED) is 0.721. The van der Waals surface area contributed by atoms with Crippen LogP contribution < -0.4 is 15.5 Å². The Labute approximate surface area is 192 Å². The van der Waals surface area contributed by atoms with E-state index in [0.717, 1.165) is 31.7 Å². The van der Waals surface area contributed by atoms with Gasteiger partial charge in [-0.1, -0.05) is 30.3 Å². The van der Waals surface area contributed by atoms with Crippen LogP contribution in [0.5, 0.6) is 0 Å². The van der Waals surface area contributed by atoms with Gasteiger partial charge in [0.1, 0.15) is 0 Å². The molecule has 3 aliphatic heterocycles. The maximum atomic E-state index is 12.9. The lowest BCUT2D eigenvalue weighted by Gasteiger charge is -2.50. The first kappa shape index (κ1) is 21.5. The Balaban J connectivity index is 1.40. The molecule has 5 heteroatoms. The van der Waals surface area contributed by atoms with Gasteiger partial charge in [-0.3, -0.25) is 4.79 Å². The Morgan fingerprint density at radius 2 is 1.91 bits per heavy atom. The molecule has 0 aliphatic carbocycles. The van der Waals surface area contributed by atoms with Gasteiger partial charge in [0, 0.05) is 42.8 Å². The number of hydrogen-bond donors (Lipinski definition) is 2. The van der Waals surface area contributed by atoms with Crippen LogP contribution in [-0.4, -0.2) is 50.1 Å². The number of carbonyl (C=O) groups excluding carboxylic acids is 1. The maximum absolute atomic E-state index is 12.9. The largest absolute Gasteiger partial charge is 0.364 e. The van der Waals surface area contributed by atoms with Gasteiger partial charge in [0.15, 0.2) is 0 Å². The van der Waals surface area contributed by atoms with Gasteiger partial charge in [-0.15, -0.1) is 0 Å². The van der Waals surface area contributed by atoms with Crippen molar-refractivity contribution in [2.75, 3.05) is 44.2 Å². The number of rotatable bonds is 6. The van der Waals surface area contributed by atoms with Crippen molar-refractivity contribution < 1.29 is 4.79 Å². The number of amides is 1. The fraction of sp³-hybridized carbons (Fsp3) is 0.519. The van der Waals surface area contributed by atoms with E-state index in [2.05, 4.69) is 69.8 Å². The van der Waals surface area contributed by atoms with Gasteiger partial charge in [0.05, 0.1) is 6.04 Å². The van der Waals surface area contributed by atoms with E-state index in [1.54, 1.807) is 0 Å². The van der Waals surface area contributed by atoms with Crippen molar-refractivity contribution >= 4 is 11.6 Å². The number of benzene rings is 2. The highest BCUT2D eigenvalue weighted by Crippen LogP contribution is 2.50. The predicted molar refractivity (Wildman–Crippen MR) is 130 cm³/mol. The first-order valence-corrected chi connectivity index (χ1v) is 12.5. The number of likely N-dealkylation sites (tertiary alicyclic amines) is 1. The molecule has 0 radical (unpaired) electrons. The highest BCUT2D eigenvalue weighted by molar-refractivity contribution is 5.95. The van der Waals surface area contributed by atoms with Crippen molar-refractivity contribution in [3.63, 3.8) is 0 Å². The molecule has 0 bridgehead atoms. The normalized spacial score (nSPS) is 25.3. The van der Waals surface area contributed by atoms with Crippen molar-refractivity contribution in [2.45, 2.75) is 44.7 Å². The highest BCUT2D eigenvalue weighted by Gasteiger charge is 2.42. The molecule has 2 saturated heterocycles. The molecule has 2 N–H and O–H groups in total. The minimum atomic E-state index is 0.0487. The molecular formula is C27H36N4O. The Bertz CT molecular complexity index is 925. The molecule has 3 heterocycles. The standard InChI is InChI=1S/C27H36N4O/c1-2-31-24-13-12-21(27(32)29-15-18-30-16-6-7-17-30)19-23(24)25-22(11-8-14-28-25)26(31)20-9-4-3-5-10-20/h3-5,9-10,12-13,19,22,25-26,28H,2,6-8,11,14-18H2,1H3,(H,29,32). The van der Waals surface area contributed by atoms with Gasteiger partial charge >= 0.3 is 0 Å². The number of hydrogen-bond acceptors (Lipinski definition) is 4. The monoisotopic (exact) mass is 432 g/mol. The highest BCUT2D eigenvalue weighted by atomic mass is 16.1. The fourth-order valence-electron chi connectivity index (χ4n) is 6.06. The van der Waals surface area contributed by atoms with Crippen LogP contribution in [0.1, 0.15) is 66.2 Å². The molecule has 0 spiro atoms. The molecule has 3 aliphatic rings. The average molecular weight is 433 g/mol. The summed E-state index contributed by atoms with van der Waals surface area (Å²) in [4.78, 5) is 17.9. The van der Waals surface area contributed by atoms with Gasteiger partial charge < -0.3 is 20.4 Å². The molecule has 0 saturated carbocycles. The second-order valence-electron chi connectivity index (χ2n) is 9.46. The summed E-state index contributed by atoms with van der Waals surface area (Å²) in [6.45, 7) is 8.24.